The molecule has 2 aliphatic rings. The van der Waals surface area contributed by atoms with Crippen molar-refractivity contribution >= 4 is 55.8 Å². The Kier molecular flexibility index (Phi) is 5.98. The summed E-state index contributed by atoms with van der Waals surface area (Å²) in [6, 6.07) is 8.62. The van der Waals surface area contributed by atoms with Crippen LogP contribution >= 0.6 is 24.0 Å². The lowest BCUT2D eigenvalue weighted by Crippen LogP contribution is -2.39. The average molecular weight is 532 g/mol. The number of pyridine rings is 1. The summed E-state index contributed by atoms with van der Waals surface area (Å²) in [4.78, 5) is 32.5. The summed E-state index contributed by atoms with van der Waals surface area (Å²) in [6.07, 6.45) is 3.16. The second kappa shape index (κ2) is 8.85. The number of thioether (sulfide) groups is 1. The van der Waals surface area contributed by atoms with Crippen LogP contribution in [0.25, 0.3) is 11.7 Å². The topological polar surface area (TPSA) is 98.1 Å². The minimum Gasteiger partial charge on any atom is -0.435 e. The van der Waals surface area contributed by atoms with Crippen LogP contribution in [-0.2, 0) is 14.6 Å². The first kappa shape index (κ1) is 23.6. The van der Waals surface area contributed by atoms with E-state index in [4.69, 9.17) is 17.0 Å². The largest absolute Gasteiger partial charge is 0.435 e. The Labute approximate surface area is 209 Å². The van der Waals surface area contributed by atoms with E-state index < -0.39 is 33.2 Å². The molecule has 4 heterocycles. The third-order valence-corrected chi connectivity index (χ3v) is 8.85. The van der Waals surface area contributed by atoms with Crippen LogP contribution in [-0.4, -0.2) is 50.5 Å². The van der Waals surface area contributed by atoms with Gasteiger partial charge in [0.15, 0.2) is 21.4 Å². The Morgan fingerprint density at radius 2 is 2.00 bits per heavy atom. The van der Waals surface area contributed by atoms with E-state index in [1.54, 1.807) is 25.1 Å². The van der Waals surface area contributed by atoms with Crippen molar-refractivity contribution in [2.24, 2.45) is 0 Å². The van der Waals surface area contributed by atoms with Gasteiger partial charge in [0.05, 0.1) is 22.5 Å². The second-order valence-electron chi connectivity index (χ2n) is 8.16. The van der Waals surface area contributed by atoms with E-state index in [1.165, 1.54) is 39.8 Å². The van der Waals surface area contributed by atoms with Crippen LogP contribution in [0.1, 0.15) is 17.5 Å². The summed E-state index contributed by atoms with van der Waals surface area (Å²) in [6.45, 7) is 1.77. The van der Waals surface area contributed by atoms with Crippen LogP contribution in [0.4, 0.5) is 4.39 Å². The first-order valence-corrected chi connectivity index (χ1v) is 13.6. The van der Waals surface area contributed by atoms with E-state index >= 15 is 0 Å². The van der Waals surface area contributed by atoms with Crippen LogP contribution in [0.5, 0.6) is 11.6 Å². The van der Waals surface area contributed by atoms with Crippen molar-refractivity contribution in [1.82, 2.24) is 14.3 Å². The highest BCUT2D eigenvalue weighted by molar-refractivity contribution is 8.26. The van der Waals surface area contributed by atoms with E-state index in [0.717, 1.165) is 11.8 Å². The highest BCUT2D eigenvalue weighted by Crippen LogP contribution is 2.37. The number of rotatable bonds is 4. The predicted molar refractivity (Wildman–Crippen MR) is 135 cm³/mol. The number of halogens is 1. The van der Waals surface area contributed by atoms with Gasteiger partial charge in [0.25, 0.3) is 11.5 Å². The van der Waals surface area contributed by atoms with Crippen molar-refractivity contribution in [1.29, 1.82) is 0 Å². The quantitative estimate of drug-likeness (QED) is 0.374. The molecule has 0 radical (unpaired) electrons. The van der Waals surface area contributed by atoms with Gasteiger partial charge in [-0.15, -0.1) is 0 Å². The van der Waals surface area contributed by atoms with Gasteiger partial charge in [-0.2, -0.15) is 4.98 Å². The van der Waals surface area contributed by atoms with Crippen LogP contribution in [0.2, 0.25) is 0 Å². The van der Waals surface area contributed by atoms with Crippen molar-refractivity contribution in [3.8, 4) is 11.6 Å². The van der Waals surface area contributed by atoms with Gasteiger partial charge in [-0.1, -0.05) is 42.2 Å². The molecule has 3 aromatic rings. The number of nitrogens with zero attached hydrogens (tertiary/aromatic N) is 3. The minimum absolute atomic E-state index is 0.0102. The van der Waals surface area contributed by atoms with E-state index in [2.05, 4.69) is 4.98 Å². The number of fused-ring (bicyclic) bond motifs is 1. The van der Waals surface area contributed by atoms with E-state index in [9.17, 15) is 22.4 Å². The number of hydrogen-bond acceptors (Lipinski definition) is 8. The molecule has 0 saturated carbocycles. The zero-order valence-corrected chi connectivity index (χ0v) is 20.8. The van der Waals surface area contributed by atoms with Gasteiger partial charge in [-0.25, -0.2) is 12.8 Å². The van der Waals surface area contributed by atoms with Crippen LogP contribution < -0.4 is 10.3 Å². The molecule has 1 amide bonds. The number of sulfone groups is 1. The van der Waals surface area contributed by atoms with Crippen molar-refractivity contribution in [3.05, 3.63) is 74.8 Å². The molecule has 2 aromatic heterocycles. The van der Waals surface area contributed by atoms with Gasteiger partial charge in [0, 0.05) is 6.20 Å². The Hall–Kier alpha value is -3.09. The maximum Gasteiger partial charge on any atom is 0.269 e. The van der Waals surface area contributed by atoms with Crippen LogP contribution in [0, 0.1) is 12.7 Å². The van der Waals surface area contributed by atoms with Crippen molar-refractivity contribution in [2.45, 2.75) is 19.4 Å². The molecule has 2 saturated heterocycles. The maximum absolute atomic E-state index is 14.3. The molecule has 2 fully saturated rings. The predicted octanol–water partition coefficient (Wildman–Crippen LogP) is 3.32. The summed E-state index contributed by atoms with van der Waals surface area (Å²) >= 11 is 6.32. The third kappa shape index (κ3) is 4.37. The summed E-state index contributed by atoms with van der Waals surface area (Å²) in [7, 11) is -3.24. The first-order chi connectivity index (χ1) is 16.6. The number of amides is 1. The summed E-state index contributed by atoms with van der Waals surface area (Å²) in [5, 5.41) is 0. The van der Waals surface area contributed by atoms with Crippen molar-refractivity contribution < 1.29 is 22.3 Å². The van der Waals surface area contributed by atoms with Crippen molar-refractivity contribution in [2.75, 3.05) is 11.5 Å². The Bertz CT molecular complexity index is 1600. The molecule has 5 rings (SSSR count). The number of carbonyl (C=O) groups is 1. The fourth-order valence-electron chi connectivity index (χ4n) is 4.03. The van der Waals surface area contributed by atoms with Gasteiger partial charge < -0.3 is 4.74 Å². The number of carbonyl (C=O) groups excluding carboxylic acids is 1. The Balaban J connectivity index is 1.62. The fraction of sp³-hybridized carbons (Fsp3) is 0.217. The molecule has 1 unspecified atom stereocenters. The standard InChI is InChI=1S/C23H18FN3O5S3/c1-13-5-4-9-26-19(13)25-20(32-17-7-3-2-6-16(17)24)15(21(26)28)11-18-22(29)27(23(33)34-18)14-8-10-35(30,31)12-14/h2-7,9,11,14H,8,10,12H2,1H3/b18-11+. The van der Waals surface area contributed by atoms with E-state index in [0.29, 0.717) is 17.6 Å². The maximum atomic E-state index is 14.3. The normalized spacial score (nSPS) is 20.8. The SMILES string of the molecule is Cc1cccn2c(=O)c(/C=C3/SC(=S)N(C4CCS(=O)(=O)C4)C3=O)c(Oc3ccccc3F)nc12. The number of ether oxygens (including phenoxy) is 1. The van der Waals surface area contributed by atoms with Gasteiger partial charge in [0.1, 0.15) is 15.5 Å². The number of aromatic nitrogens is 2. The first-order valence-electron chi connectivity index (χ1n) is 10.6. The molecule has 35 heavy (non-hydrogen) atoms. The molecule has 0 aliphatic carbocycles. The van der Waals surface area contributed by atoms with Crippen molar-refractivity contribution in [3.63, 3.8) is 0 Å². The smallest absolute Gasteiger partial charge is 0.269 e. The average Bonchev–Trinajstić information content (AvgIpc) is 3.30. The van der Waals surface area contributed by atoms with Gasteiger partial charge >= 0.3 is 0 Å². The number of thiocarbonyl (C=S) groups is 1. The molecular weight excluding hydrogens is 513 g/mol. The van der Waals surface area contributed by atoms with E-state index in [1.807, 2.05) is 0 Å². The number of benzene rings is 1. The highest BCUT2D eigenvalue weighted by atomic mass is 32.2. The summed E-state index contributed by atoms with van der Waals surface area (Å²) in [5.41, 5.74) is 0.447. The lowest BCUT2D eigenvalue weighted by Gasteiger charge is -2.20. The van der Waals surface area contributed by atoms with Crippen LogP contribution in [0.3, 0.4) is 0 Å². The number of hydrogen-bond donors (Lipinski definition) is 0. The lowest BCUT2D eigenvalue weighted by atomic mass is 10.2. The van der Waals surface area contributed by atoms with Crippen LogP contribution in [0.15, 0.2) is 52.3 Å². The van der Waals surface area contributed by atoms with Gasteiger partial charge in [-0.05, 0) is 43.2 Å². The number of aryl methyl sites for hydroxylation is 1. The lowest BCUT2D eigenvalue weighted by molar-refractivity contribution is -0.123. The monoisotopic (exact) mass is 531 g/mol. The Morgan fingerprint density at radius 1 is 1.23 bits per heavy atom. The fourth-order valence-corrected chi connectivity index (χ4v) is 7.11. The van der Waals surface area contributed by atoms with E-state index in [-0.39, 0.29) is 37.9 Å². The molecule has 12 heteroatoms. The number of para-hydroxylation sites is 1. The molecule has 1 aromatic carbocycles. The molecule has 180 valence electrons. The molecule has 0 bridgehead atoms. The second-order valence-corrected chi connectivity index (χ2v) is 12.1. The summed E-state index contributed by atoms with van der Waals surface area (Å²) in [5.74, 6) is -1.59. The molecule has 0 spiro atoms. The third-order valence-electron chi connectivity index (χ3n) is 5.77. The molecule has 1 atom stereocenters. The Morgan fingerprint density at radius 3 is 2.71 bits per heavy atom. The zero-order valence-electron chi connectivity index (χ0n) is 18.3. The van der Waals surface area contributed by atoms with Gasteiger partial charge in [0.2, 0.25) is 5.88 Å². The highest BCUT2D eigenvalue weighted by Gasteiger charge is 2.42. The van der Waals surface area contributed by atoms with Gasteiger partial charge in [-0.3, -0.25) is 18.9 Å². The molecular formula is C23H18FN3O5S3. The molecule has 0 N–H and O–H groups in total. The minimum atomic E-state index is -3.24. The zero-order chi connectivity index (χ0) is 24.9. The molecule has 8 nitrogen and oxygen atoms in total. The summed E-state index contributed by atoms with van der Waals surface area (Å²) < 4.78 is 45.4. The molecule has 2 aliphatic heterocycles.